The van der Waals surface area contributed by atoms with Gasteiger partial charge in [0.25, 0.3) is 5.91 Å². The third-order valence-corrected chi connectivity index (χ3v) is 6.57. The standard InChI is InChI=1S/C20H24N4O3/c25-18-4-3-17(19(26)23-18)24-10-12-5-11(1-2-13(12)20(24)27)6-21-7-14-15-8-22-9-16(14)15/h1-2,5,14-17,21-22H,3-4,6-10H2,(H,23,25,26). The van der Waals surface area contributed by atoms with E-state index in [-0.39, 0.29) is 24.1 Å². The first kappa shape index (κ1) is 16.9. The topological polar surface area (TPSA) is 90.5 Å². The van der Waals surface area contributed by atoms with E-state index in [1.807, 2.05) is 12.1 Å². The van der Waals surface area contributed by atoms with Crippen LogP contribution in [0.4, 0.5) is 0 Å². The number of hydrogen-bond donors (Lipinski definition) is 3. The molecule has 5 rings (SSSR count). The van der Waals surface area contributed by atoms with Crippen molar-refractivity contribution < 1.29 is 14.4 Å². The molecule has 2 saturated heterocycles. The van der Waals surface area contributed by atoms with Crippen molar-refractivity contribution in [3.05, 3.63) is 34.9 Å². The van der Waals surface area contributed by atoms with Crippen LogP contribution >= 0.6 is 0 Å². The third-order valence-electron chi connectivity index (χ3n) is 6.57. The molecule has 142 valence electrons. The van der Waals surface area contributed by atoms with Gasteiger partial charge in [0.15, 0.2) is 0 Å². The molecule has 1 saturated carbocycles. The number of nitrogens with zero attached hydrogens (tertiary/aromatic N) is 1. The lowest BCUT2D eigenvalue weighted by Gasteiger charge is -2.29. The van der Waals surface area contributed by atoms with Crippen LogP contribution in [0.2, 0.25) is 0 Å². The summed E-state index contributed by atoms with van der Waals surface area (Å²) in [7, 11) is 0. The number of carbonyl (C=O) groups is 3. The summed E-state index contributed by atoms with van der Waals surface area (Å²) in [6.07, 6.45) is 0.682. The number of carbonyl (C=O) groups excluding carboxylic acids is 3. The first-order valence-electron chi connectivity index (χ1n) is 9.79. The predicted molar refractivity (Wildman–Crippen MR) is 97.5 cm³/mol. The maximum atomic E-state index is 12.7. The van der Waals surface area contributed by atoms with Crippen molar-refractivity contribution in [3.8, 4) is 0 Å². The summed E-state index contributed by atoms with van der Waals surface area (Å²) in [5, 5.41) is 9.31. The quantitative estimate of drug-likeness (QED) is 0.637. The van der Waals surface area contributed by atoms with Crippen molar-refractivity contribution in [1.82, 2.24) is 20.9 Å². The van der Waals surface area contributed by atoms with Crippen molar-refractivity contribution in [2.24, 2.45) is 17.8 Å². The van der Waals surface area contributed by atoms with E-state index in [2.05, 4.69) is 22.0 Å². The monoisotopic (exact) mass is 368 g/mol. The van der Waals surface area contributed by atoms with Gasteiger partial charge in [-0.2, -0.15) is 0 Å². The van der Waals surface area contributed by atoms with Gasteiger partial charge >= 0.3 is 0 Å². The van der Waals surface area contributed by atoms with Crippen molar-refractivity contribution in [3.63, 3.8) is 0 Å². The summed E-state index contributed by atoms with van der Waals surface area (Å²) >= 11 is 0. The van der Waals surface area contributed by atoms with Crippen LogP contribution in [0.15, 0.2) is 18.2 Å². The van der Waals surface area contributed by atoms with Gasteiger partial charge < -0.3 is 15.5 Å². The molecule has 7 heteroatoms. The Morgan fingerprint density at radius 2 is 1.96 bits per heavy atom. The molecule has 3 heterocycles. The van der Waals surface area contributed by atoms with Crippen LogP contribution in [0.25, 0.3) is 0 Å². The smallest absolute Gasteiger partial charge is 0.255 e. The Kier molecular flexibility index (Phi) is 4.02. The molecule has 3 amide bonds. The molecule has 4 aliphatic rings. The maximum Gasteiger partial charge on any atom is 0.255 e. The third kappa shape index (κ3) is 2.95. The highest BCUT2D eigenvalue weighted by atomic mass is 16.2. The van der Waals surface area contributed by atoms with E-state index < -0.39 is 6.04 Å². The van der Waals surface area contributed by atoms with Crippen LogP contribution in [-0.2, 0) is 22.7 Å². The molecule has 0 radical (unpaired) electrons. The number of hydrogen-bond acceptors (Lipinski definition) is 5. The highest BCUT2D eigenvalue weighted by molar-refractivity contribution is 6.05. The second-order valence-corrected chi connectivity index (χ2v) is 8.17. The summed E-state index contributed by atoms with van der Waals surface area (Å²) in [6.45, 7) is 4.60. The Morgan fingerprint density at radius 1 is 1.15 bits per heavy atom. The number of benzene rings is 1. The van der Waals surface area contributed by atoms with Gasteiger partial charge in [-0.1, -0.05) is 12.1 Å². The van der Waals surface area contributed by atoms with Crippen molar-refractivity contribution in [2.45, 2.75) is 32.0 Å². The van der Waals surface area contributed by atoms with Gasteiger partial charge in [0.1, 0.15) is 6.04 Å². The molecule has 0 bridgehead atoms. The minimum Gasteiger partial charge on any atom is -0.322 e. The van der Waals surface area contributed by atoms with Gasteiger partial charge in [0.05, 0.1) is 0 Å². The molecule has 1 aliphatic carbocycles. The molecule has 0 spiro atoms. The van der Waals surface area contributed by atoms with E-state index >= 15 is 0 Å². The van der Waals surface area contributed by atoms with Crippen molar-refractivity contribution in [1.29, 1.82) is 0 Å². The minimum absolute atomic E-state index is 0.114. The molecule has 1 aromatic carbocycles. The van der Waals surface area contributed by atoms with E-state index in [4.69, 9.17) is 0 Å². The van der Waals surface area contributed by atoms with Gasteiger partial charge in [-0.3, -0.25) is 19.7 Å². The second kappa shape index (κ2) is 6.42. The Balaban J connectivity index is 1.21. The zero-order valence-electron chi connectivity index (χ0n) is 15.2. The largest absolute Gasteiger partial charge is 0.322 e. The molecule has 7 nitrogen and oxygen atoms in total. The predicted octanol–water partition coefficient (Wildman–Crippen LogP) is 0.00260. The van der Waals surface area contributed by atoms with E-state index in [0.29, 0.717) is 18.5 Å². The molecule has 3 atom stereocenters. The van der Waals surface area contributed by atoms with Crippen LogP contribution in [0, 0.1) is 17.8 Å². The highest BCUT2D eigenvalue weighted by Crippen LogP contribution is 2.48. The Bertz CT molecular complexity index is 813. The highest BCUT2D eigenvalue weighted by Gasteiger charge is 2.51. The van der Waals surface area contributed by atoms with Crippen molar-refractivity contribution >= 4 is 17.7 Å². The van der Waals surface area contributed by atoms with Gasteiger partial charge in [-0.25, -0.2) is 0 Å². The zero-order chi connectivity index (χ0) is 18.5. The van der Waals surface area contributed by atoms with E-state index in [9.17, 15) is 14.4 Å². The van der Waals surface area contributed by atoms with Crippen LogP contribution in [0.3, 0.4) is 0 Å². The molecular weight excluding hydrogens is 344 g/mol. The first-order valence-corrected chi connectivity index (χ1v) is 9.79. The summed E-state index contributed by atoms with van der Waals surface area (Å²) in [5.41, 5.74) is 2.80. The van der Waals surface area contributed by atoms with Gasteiger partial charge in [-0.05, 0) is 61.0 Å². The molecule has 1 aromatic rings. The fourth-order valence-corrected chi connectivity index (χ4v) is 4.97. The lowest BCUT2D eigenvalue weighted by Crippen LogP contribution is -2.52. The zero-order valence-corrected chi connectivity index (χ0v) is 15.2. The Morgan fingerprint density at radius 3 is 2.74 bits per heavy atom. The summed E-state index contributed by atoms with van der Waals surface area (Å²) in [4.78, 5) is 37.8. The summed E-state index contributed by atoms with van der Waals surface area (Å²) < 4.78 is 0. The SMILES string of the molecule is O=C1CCC(N2Cc3cc(CNCC4C5CNCC45)ccc3C2=O)C(=O)N1. The summed E-state index contributed by atoms with van der Waals surface area (Å²) in [5.74, 6) is 1.79. The Hall–Kier alpha value is -2.25. The van der Waals surface area contributed by atoms with Crippen LogP contribution in [0.1, 0.15) is 34.3 Å². The lowest BCUT2D eigenvalue weighted by atomic mass is 10.0. The summed E-state index contributed by atoms with van der Waals surface area (Å²) in [6, 6.07) is 5.39. The van der Waals surface area contributed by atoms with Crippen molar-refractivity contribution in [2.75, 3.05) is 19.6 Å². The van der Waals surface area contributed by atoms with E-state index in [1.165, 1.54) is 0 Å². The average Bonchev–Trinajstić information content (AvgIpc) is 2.97. The number of piperidine rings is 2. The van der Waals surface area contributed by atoms with E-state index in [0.717, 1.165) is 55.1 Å². The van der Waals surface area contributed by atoms with Crippen LogP contribution in [-0.4, -0.2) is 48.3 Å². The van der Waals surface area contributed by atoms with Crippen LogP contribution in [0.5, 0.6) is 0 Å². The fraction of sp³-hybridized carbons (Fsp3) is 0.550. The van der Waals surface area contributed by atoms with Crippen LogP contribution < -0.4 is 16.0 Å². The number of fused-ring (bicyclic) bond motifs is 2. The Labute approximate surface area is 157 Å². The maximum absolute atomic E-state index is 12.7. The normalized spacial score (nSPS) is 31.7. The molecule has 3 N–H and O–H groups in total. The van der Waals surface area contributed by atoms with Gasteiger partial charge in [0, 0.05) is 25.1 Å². The van der Waals surface area contributed by atoms with Gasteiger partial charge in [0.2, 0.25) is 11.8 Å². The average molecular weight is 368 g/mol. The molecule has 27 heavy (non-hydrogen) atoms. The number of amides is 3. The molecule has 3 fully saturated rings. The first-order chi connectivity index (χ1) is 13.1. The lowest BCUT2D eigenvalue weighted by molar-refractivity contribution is -0.136. The number of imide groups is 1. The number of rotatable bonds is 5. The molecule has 0 aromatic heterocycles. The molecule has 3 aliphatic heterocycles. The van der Waals surface area contributed by atoms with Gasteiger partial charge in [-0.15, -0.1) is 0 Å². The van der Waals surface area contributed by atoms with E-state index in [1.54, 1.807) is 4.90 Å². The second-order valence-electron chi connectivity index (χ2n) is 8.17. The minimum atomic E-state index is -0.549. The number of nitrogens with one attached hydrogen (secondary N) is 3. The molecular formula is C20H24N4O3. The fourth-order valence-electron chi connectivity index (χ4n) is 4.97. The molecule has 3 unspecified atom stereocenters.